The van der Waals surface area contributed by atoms with E-state index < -0.39 is 15.9 Å². The minimum atomic E-state index is -3.45. The van der Waals surface area contributed by atoms with Crippen LogP contribution < -0.4 is 15.6 Å². The van der Waals surface area contributed by atoms with Gasteiger partial charge in [0.15, 0.2) is 0 Å². The molecule has 29 heavy (non-hydrogen) atoms. The first-order chi connectivity index (χ1) is 13.7. The lowest BCUT2D eigenvalue weighted by molar-refractivity contribution is 0.102. The van der Waals surface area contributed by atoms with Crippen LogP contribution in [0.4, 0.5) is 11.4 Å². The molecule has 0 bridgehead atoms. The minimum Gasteiger partial charge on any atom is -0.322 e. The van der Waals surface area contributed by atoms with Crippen molar-refractivity contribution in [2.45, 2.75) is 20.3 Å². The predicted molar refractivity (Wildman–Crippen MR) is 116 cm³/mol. The Hall–Kier alpha value is -3.13. The number of pyridine rings is 1. The van der Waals surface area contributed by atoms with Gasteiger partial charge in [0, 0.05) is 24.2 Å². The lowest BCUT2D eigenvalue weighted by Crippen LogP contribution is -2.22. The fourth-order valence-corrected chi connectivity index (χ4v) is 4.35. The molecule has 0 saturated heterocycles. The molecule has 0 saturated carbocycles. The summed E-state index contributed by atoms with van der Waals surface area (Å²) in [6.45, 7) is 3.51. The molecule has 0 unspecified atom stereocenters. The van der Waals surface area contributed by atoms with E-state index in [0.717, 1.165) is 0 Å². The van der Waals surface area contributed by atoms with Gasteiger partial charge in [-0.05, 0) is 37.1 Å². The molecule has 1 amide bonds. The van der Waals surface area contributed by atoms with E-state index in [2.05, 4.69) is 10.0 Å². The summed E-state index contributed by atoms with van der Waals surface area (Å²) in [5, 5.41) is 3.46. The lowest BCUT2D eigenvalue weighted by atomic mass is 10.1. The summed E-state index contributed by atoms with van der Waals surface area (Å²) in [7, 11) is -1.80. The second kappa shape index (κ2) is 8.08. The Bertz CT molecular complexity index is 1250. The Morgan fingerprint density at radius 3 is 2.48 bits per heavy atom. The van der Waals surface area contributed by atoms with E-state index in [1.807, 2.05) is 0 Å². The molecule has 0 atom stereocenters. The van der Waals surface area contributed by atoms with Crippen molar-refractivity contribution < 1.29 is 13.2 Å². The fourth-order valence-electron chi connectivity index (χ4n) is 3.16. The fraction of sp³-hybridized carbons (Fsp3) is 0.238. The average molecular weight is 413 g/mol. The highest BCUT2D eigenvalue weighted by Crippen LogP contribution is 2.26. The summed E-state index contributed by atoms with van der Waals surface area (Å²) in [6, 6.07) is 13.5. The van der Waals surface area contributed by atoms with Gasteiger partial charge >= 0.3 is 0 Å². The van der Waals surface area contributed by atoms with Gasteiger partial charge in [0.1, 0.15) is 0 Å². The van der Waals surface area contributed by atoms with E-state index in [4.69, 9.17) is 0 Å². The van der Waals surface area contributed by atoms with Crippen molar-refractivity contribution in [2.75, 3.05) is 15.8 Å². The maximum absolute atomic E-state index is 12.9. The smallest absolute Gasteiger partial charge is 0.256 e. The highest BCUT2D eigenvalue weighted by molar-refractivity contribution is 7.92. The number of fused-ring (bicyclic) bond motifs is 1. The lowest BCUT2D eigenvalue weighted by Gasteiger charge is -2.15. The molecule has 3 aromatic rings. The number of benzene rings is 2. The van der Waals surface area contributed by atoms with Crippen molar-refractivity contribution in [3.63, 3.8) is 0 Å². The van der Waals surface area contributed by atoms with E-state index >= 15 is 0 Å². The van der Waals surface area contributed by atoms with E-state index in [9.17, 15) is 18.0 Å². The maximum atomic E-state index is 12.9. The van der Waals surface area contributed by atoms with Crippen molar-refractivity contribution >= 4 is 38.2 Å². The number of carbonyl (C=O) groups excluding carboxylic acids is 1. The highest BCUT2D eigenvalue weighted by Gasteiger charge is 2.16. The SMILES string of the molecule is CCCS(=O)(=O)Nc1cccc(NC(=O)c2cc(=O)n(C)c3ccccc23)c1C. The monoisotopic (exact) mass is 413 g/mol. The molecule has 1 heterocycles. The zero-order valence-electron chi connectivity index (χ0n) is 16.5. The second-order valence-corrected chi connectivity index (χ2v) is 8.67. The number of aryl methyl sites for hydroxylation is 1. The highest BCUT2D eigenvalue weighted by atomic mass is 32.2. The standard InChI is InChI=1S/C21H23N3O4S/c1-4-12-29(27,28)23-18-10-7-9-17(14(18)2)22-21(26)16-13-20(25)24(3)19-11-6-5-8-15(16)19/h5-11,13,23H,4,12H2,1-3H3,(H,22,26). The summed E-state index contributed by atoms with van der Waals surface area (Å²) in [5.41, 5.74) is 2.10. The van der Waals surface area contributed by atoms with Gasteiger partial charge in [-0.1, -0.05) is 31.2 Å². The molecule has 8 heteroatoms. The van der Waals surface area contributed by atoms with Crippen LogP contribution in [0.2, 0.25) is 0 Å². The van der Waals surface area contributed by atoms with Gasteiger partial charge in [-0.15, -0.1) is 0 Å². The number of nitrogens with one attached hydrogen (secondary N) is 2. The normalized spacial score (nSPS) is 11.4. The minimum absolute atomic E-state index is 0.0162. The van der Waals surface area contributed by atoms with Gasteiger partial charge in [-0.25, -0.2) is 8.42 Å². The molecular formula is C21H23N3O4S. The summed E-state index contributed by atoms with van der Waals surface area (Å²) >= 11 is 0. The molecule has 0 aliphatic carbocycles. The predicted octanol–water partition coefficient (Wildman–Crippen LogP) is 3.25. The molecule has 0 aliphatic rings. The molecule has 152 valence electrons. The summed E-state index contributed by atoms with van der Waals surface area (Å²) in [4.78, 5) is 25.2. The average Bonchev–Trinajstić information content (AvgIpc) is 2.67. The van der Waals surface area contributed by atoms with Gasteiger partial charge < -0.3 is 9.88 Å². The van der Waals surface area contributed by atoms with Crippen LogP contribution in [0.3, 0.4) is 0 Å². The molecule has 0 fully saturated rings. The first kappa shape index (κ1) is 20.6. The summed E-state index contributed by atoms with van der Waals surface area (Å²) in [6.07, 6.45) is 0.501. The van der Waals surface area contributed by atoms with Crippen LogP contribution >= 0.6 is 0 Å². The molecule has 2 aromatic carbocycles. The van der Waals surface area contributed by atoms with Crippen molar-refractivity contribution in [1.82, 2.24) is 4.57 Å². The third kappa shape index (κ3) is 4.32. The third-order valence-corrected chi connectivity index (χ3v) is 6.20. The molecule has 0 aliphatic heterocycles. The molecule has 7 nitrogen and oxygen atoms in total. The van der Waals surface area contributed by atoms with Crippen LogP contribution in [0.25, 0.3) is 10.9 Å². The van der Waals surface area contributed by atoms with Crippen LogP contribution in [-0.4, -0.2) is 24.6 Å². The molecule has 0 radical (unpaired) electrons. The zero-order valence-corrected chi connectivity index (χ0v) is 17.3. The first-order valence-corrected chi connectivity index (χ1v) is 10.9. The van der Waals surface area contributed by atoms with Crippen molar-refractivity contribution in [1.29, 1.82) is 0 Å². The van der Waals surface area contributed by atoms with E-state index in [0.29, 0.717) is 34.3 Å². The number of hydrogen-bond donors (Lipinski definition) is 2. The van der Waals surface area contributed by atoms with Crippen LogP contribution in [0.15, 0.2) is 53.3 Å². The molecular weight excluding hydrogens is 390 g/mol. The van der Waals surface area contributed by atoms with Crippen molar-refractivity contribution in [3.05, 3.63) is 70.0 Å². The van der Waals surface area contributed by atoms with Gasteiger partial charge in [0.25, 0.3) is 11.5 Å². The first-order valence-electron chi connectivity index (χ1n) is 9.23. The Balaban J connectivity index is 1.97. The molecule has 0 spiro atoms. The number of hydrogen-bond acceptors (Lipinski definition) is 4. The summed E-state index contributed by atoms with van der Waals surface area (Å²) in [5.74, 6) is -0.418. The molecule has 3 rings (SSSR count). The number of sulfonamides is 1. The van der Waals surface area contributed by atoms with Gasteiger partial charge in [-0.2, -0.15) is 0 Å². The van der Waals surface area contributed by atoms with Crippen LogP contribution in [0.5, 0.6) is 0 Å². The van der Waals surface area contributed by atoms with E-state index in [1.54, 1.807) is 63.4 Å². The number of anilines is 2. The number of nitrogens with zero attached hydrogens (tertiary/aromatic N) is 1. The Morgan fingerprint density at radius 1 is 1.07 bits per heavy atom. The number of aromatic nitrogens is 1. The number of carbonyl (C=O) groups is 1. The van der Waals surface area contributed by atoms with Crippen molar-refractivity contribution in [2.24, 2.45) is 7.05 Å². The van der Waals surface area contributed by atoms with Crippen LogP contribution in [-0.2, 0) is 17.1 Å². The number of rotatable bonds is 6. The van der Waals surface area contributed by atoms with Crippen molar-refractivity contribution in [3.8, 4) is 0 Å². The summed E-state index contributed by atoms with van der Waals surface area (Å²) < 4.78 is 28.2. The van der Waals surface area contributed by atoms with Gasteiger partial charge in [0.05, 0.1) is 22.5 Å². The Morgan fingerprint density at radius 2 is 1.76 bits per heavy atom. The number of amides is 1. The van der Waals surface area contributed by atoms with Gasteiger partial charge in [-0.3, -0.25) is 14.3 Å². The van der Waals surface area contributed by atoms with E-state index in [1.165, 1.54) is 10.6 Å². The molecule has 1 aromatic heterocycles. The Labute approximate surface area is 169 Å². The van der Waals surface area contributed by atoms with E-state index in [-0.39, 0.29) is 16.9 Å². The Kier molecular flexibility index (Phi) is 5.74. The largest absolute Gasteiger partial charge is 0.322 e. The van der Waals surface area contributed by atoms with Gasteiger partial charge in [0.2, 0.25) is 10.0 Å². The second-order valence-electron chi connectivity index (χ2n) is 6.83. The number of para-hydroxylation sites is 1. The van der Waals surface area contributed by atoms with Crippen LogP contribution in [0, 0.1) is 6.92 Å². The zero-order chi connectivity index (χ0) is 21.2. The third-order valence-electron chi connectivity index (χ3n) is 4.72. The molecule has 2 N–H and O–H groups in total. The van der Waals surface area contributed by atoms with Crippen LogP contribution in [0.1, 0.15) is 29.3 Å². The maximum Gasteiger partial charge on any atom is 0.256 e. The quantitative estimate of drug-likeness (QED) is 0.648. The topological polar surface area (TPSA) is 97.3 Å².